The smallest absolute Gasteiger partial charge is 0.00187 e. The third-order valence-corrected chi connectivity index (χ3v) is 3.67. The lowest BCUT2D eigenvalue weighted by Gasteiger charge is -2.21. The third-order valence-electron chi connectivity index (χ3n) is 3.67. The summed E-state index contributed by atoms with van der Waals surface area (Å²) in [6, 6.07) is 0. The van der Waals surface area contributed by atoms with E-state index in [4.69, 9.17) is 0 Å². The Bertz CT molecular complexity index is 130. The number of nitrogens with zero attached hydrogens (tertiary/aromatic N) is 1. The van der Waals surface area contributed by atoms with Gasteiger partial charge in [-0.25, -0.2) is 0 Å². The van der Waals surface area contributed by atoms with Gasteiger partial charge in [-0.3, -0.25) is 0 Å². The van der Waals surface area contributed by atoms with Gasteiger partial charge >= 0.3 is 0 Å². The van der Waals surface area contributed by atoms with Crippen LogP contribution < -0.4 is 0 Å². The van der Waals surface area contributed by atoms with Crippen molar-refractivity contribution >= 4 is 0 Å². The summed E-state index contributed by atoms with van der Waals surface area (Å²) in [5.41, 5.74) is 0. The van der Waals surface area contributed by atoms with Crippen molar-refractivity contribution in [2.24, 2.45) is 0 Å². The molecule has 0 bridgehead atoms. The minimum absolute atomic E-state index is 1.07. The second kappa shape index (κ2) is 10.1. The quantitative estimate of drug-likeness (QED) is 0.671. The molecule has 0 amide bonds. The molecule has 0 atom stereocenters. The molecule has 0 aromatic carbocycles. The fraction of sp³-hybridized carbons (Fsp3) is 0.933. The maximum absolute atomic E-state index is 3.98. The Kier molecular flexibility index (Phi) is 8.88. The summed E-state index contributed by atoms with van der Waals surface area (Å²) in [5, 5.41) is 0. The van der Waals surface area contributed by atoms with E-state index in [1.54, 1.807) is 0 Å². The summed E-state index contributed by atoms with van der Waals surface area (Å²) in [7, 11) is 0. The summed E-state index contributed by atoms with van der Waals surface area (Å²) in [6.07, 6.45) is 15.5. The lowest BCUT2D eigenvalue weighted by Crippen LogP contribution is -2.27. The Morgan fingerprint density at radius 3 is 1.38 bits per heavy atom. The van der Waals surface area contributed by atoms with Gasteiger partial charge < -0.3 is 4.90 Å². The van der Waals surface area contributed by atoms with Crippen molar-refractivity contribution in [2.75, 3.05) is 19.6 Å². The van der Waals surface area contributed by atoms with E-state index < -0.39 is 0 Å². The molecular weight excluding hydrogens is 194 g/mol. The maximum Gasteiger partial charge on any atom is -0.00187 e. The zero-order chi connectivity index (χ0) is 11.5. The molecule has 1 nitrogen and oxygen atoms in total. The van der Waals surface area contributed by atoms with Gasteiger partial charge in [0.05, 0.1) is 0 Å². The first-order valence-corrected chi connectivity index (χ1v) is 7.45. The van der Waals surface area contributed by atoms with E-state index in [1.807, 2.05) is 0 Å². The largest absolute Gasteiger partial charge is 0.303 e. The first-order chi connectivity index (χ1) is 7.93. The highest BCUT2D eigenvalue weighted by Gasteiger charge is 2.04. The molecule has 0 aliphatic carbocycles. The monoisotopic (exact) mass is 224 g/mol. The Balaban J connectivity index is 2.20. The highest BCUT2D eigenvalue weighted by molar-refractivity contribution is 4.61. The minimum atomic E-state index is 1.07. The van der Waals surface area contributed by atoms with Crippen LogP contribution in [0, 0.1) is 6.92 Å². The second-order valence-electron chi connectivity index (χ2n) is 5.23. The molecule has 1 heteroatoms. The Morgan fingerprint density at radius 2 is 1.00 bits per heavy atom. The molecule has 0 aromatic heterocycles. The standard InChI is InChI=1S/C15H30N/c1-2-13-16-14-11-9-7-5-3-4-6-8-10-12-15-16/h1-15H2. The molecule has 0 aromatic rings. The molecule has 1 fully saturated rings. The molecule has 1 saturated heterocycles. The van der Waals surface area contributed by atoms with Crippen LogP contribution in [0.1, 0.15) is 70.6 Å². The van der Waals surface area contributed by atoms with E-state index in [9.17, 15) is 0 Å². The van der Waals surface area contributed by atoms with Gasteiger partial charge in [0, 0.05) is 0 Å². The molecule has 0 spiro atoms. The predicted molar refractivity (Wildman–Crippen MR) is 72.6 cm³/mol. The summed E-state index contributed by atoms with van der Waals surface area (Å²) in [4.78, 5) is 2.63. The van der Waals surface area contributed by atoms with Crippen LogP contribution >= 0.6 is 0 Å². The van der Waals surface area contributed by atoms with Crippen LogP contribution in [-0.2, 0) is 0 Å². The fourth-order valence-electron chi connectivity index (χ4n) is 2.64. The van der Waals surface area contributed by atoms with Gasteiger partial charge in [0.25, 0.3) is 0 Å². The Labute approximate surface area is 103 Å². The highest BCUT2D eigenvalue weighted by atomic mass is 15.1. The van der Waals surface area contributed by atoms with E-state index in [-0.39, 0.29) is 0 Å². The number of hydrogen-bond donors (Lipinski definition) is 0. The first kappa shape index (κ1) is 14.0. The summed E-state index contributed by atoms with van der Waals surface area (Å²) < 4.78 is 0. The highest BCUT2D eigenvalue weighted by Crippen LogP contribution is 2.13. The zero-order valence-corrected chi connectivity index (χ0v) is 11.1. The van der Waals surface area contributed by atoms with Crippen LogP contribution in [0.25, 0.3) is 0 Å². The molecule has 0 saturated carbocycles. The van der Waals surface area contributed by atoms with Crippen molar-refractivity contribution in [3.63, 3.8) is 0 Å². The summed E-state index contributed by atoms with van der Waals surface area (Å²) in [6.45, 7) is 7.82. The van der Waals surface area contributed by atoms with Crippen molar-refractivity contribution in [2.45, 2.75) is 70.6 Å². The SMILES string of the molecule is [CH2]CCN1CCCCCCCCCCCC1. The number of hydrogen-bond acceptors (Lipinski definition) is 1. The van der Waals surface area contributed by atoms with E-state index in [2.05, 4.69) is 11.8 Å². The third kappa shape index (κ3) is 7.27. The molecule has 0 N–H and O–H groups in total. The van der Waals surface area contributed by atoms with Gasteiger partial charge in [0.15, 0.2) is 0 Å². The van der Waals surface area contributed by atoms with E-state index in [0.29, 0.717) is 0 Å². The topological polar surface area (TPSA) is 3.24 Å². The van der Waals surface area contributed by atoms with Crippen LogP contribution in [0.15, 0.2) is 0 Å². The summed E-state index contributed by atoms with van der Waals surface area (Å²) in [5.74, 6) is 0. The average molecular weight is 224 g/mol. The van der Waals surface area contributed by atoms with Gasteiger partial charge in [-0.05, 0) is 38.9 Å². The molecule has 95 valence electrons. The Hall–Kier alpha value is -0.0400. The molecule has 1 rings (SSSR count). The lowest BCUT2D eigenvalue weighted by molar-refractivity contribution is 0.265. The predicted octanol–water partition coefficient (Wildman–Crippen LogP) is 4.43. The van der Waals surface area contributed by atoms with Gasteiger partial charge in [0.1, 0.15) is 0 Å². The van der Waals surface area contributed by atoms with Gasteiger partial charge in [0.2, 0.25) is 0 Å². The molecule has 1 heterocycles. The zero-order valence-electron chi connectivity index (χ0n) is 11.1. The Morgan fingerprint density at radius 1 is 0.625 bits per heavy atom. The lowest BCUT2D eigenvalue weighted by atomic mass is 10.1. The van der Waals surface area contributed by atoms with Gasteiger partial charge in [-0.2, -0.15) is 0 Å². The van der Waals surface area contributed by atoms with Crippen molar-refractivity contribution in [3.05, 3.63) is 6.92 Å². The van der Waals surface area contributed by atoms with Gasteiger partial charge in [-0.1, -0.05) is 58.3 Å². The van der Waals surface area contributed by atoms with Crippen molar-refractivity contribution in [3.8, 4) is 0 Å². The van der Waals surface area contributed by atoms with Crippen molar-refractivity contribution in [1.29, 1.82) is 0 Å². The van der Waals surface area contributed by atoms with Crippen LogP contribution in [0.5, 0.6) is 0 Å². The maximum atomic E-state index is 3.98. The minimum Gasteiger partial charge on any atom is -0.303 e. The van der Waals surface area contributed by atoms with E-state index in [1.165, 1.54) is 83.8 Å². The second-order valence-corrected chi connectivity index (χ2v) is 5.23. The molecule has 1 aliphatic rings. The van der Waals surface area contributed by atoms with Crippen molar-refractivity contribution in [1.82, 2.24) is 4.90 Å². The molecular formula is C15H30N. The van der Waals surface area contributed by atoms with Gasteiger partial charge in [-0.15, -0.1) is 0 Å². The molecule has 1 radical (unpaired) electrons. The average Bonchev–Trinajstić information content (AvgIpc) is 2.31. The molecule has 16 heavy (non-hydrogen) atoms. The normalized spacial score (nSPS) is 23.1. The van der Waals surface area contributed by atoms with E-state index >= 15 is 0 Å². The van der Waals surface area contributed by atoms with Crippen LogP contribution in [0.4, 0.5) is 0 Å². The summed E-state index contributed by atoms with van der Waals surface area (Å²) >= 11 is 0. The number of rotatable bonds is 2. The van der Waals surface area contributed by atoms with Crippen molar-refractivity contribution < 1.29 is 0 Å². The molecule has 0 unspecified atom stereocenters. The van der Waals surface area contributed by atoms with Crippen LogP contribution in [-0.4, -0.2) is 24.5 Å². The molecule has 1 aliphatic heterocycles. The van der Waals surface area contributed by atoms with E-state index in [0.717, 1.165) is 6.42 Å². The van der Waals surface area contributed by atoms with Crippen LogP contribution in [0.2, 0.25) is 0 Å². The first-order valence-electron chi connectivity index (χ1n) is 7.45. The fourth-order valence-corrected chi connectivity index (χ4v) is 2.64. The van der Waals surface area contributed by atoms with Crippen LogP contribution in [0.3, 0.4) is 0 Å².